The summed E-state index contributed by atoms with van der Waals surface area (Å²) >= 11 is 5.79. The lowest BCUT2D eigenvalue weighted by Crippen LogP contribution is -2.17. The zero-order valence-electron chi connectivity index (χ0n) is 10.7. The zero-order chi connectivity index (χ0) is 13.7. The normalized spacial score (nSPS) is 10.9. The van der Waals surface area contributed by atoms with Crippen LogP contribution in [0.4, 0.5) is 0 Å². The molecule has 19 heavy (non-hydrogen) atoms. The number of nitrogens with one attached hydrogen (secondary N) is 1. The van der Waals surface area contributed by atoms with Crippen LogP contribution in [0, 0.1) is 3.57 Å². The van der Waals surface area contributed by atoms with Gasteiger partial charge in [-0.15, -0.1) is 0 Å². The van der Waals surface area contributed by atoms with Crippen molar-refractivity contribution in [2.45, 2.75) is 19.8 Å². The van der Waals surface area contributed by atoms with Crippen molar-refractivity contribution in [2.24, 2.45) is 0 Å². The predicted molar refractivity (Wildman–Crippen MR) is 89.2 cm³/mol. The molecule has 0 fully saturated rings. The fraction of sp³-hybridized carbons (Fsp3) is 0.357. The molecule has 2 aromatic rings. The van der Waals surface area contributed by atoms with E-state index in [1.807, 2.05) is 6.07 Å². The molecule has 1 aromatic heterocycles. The summed E-state index contributed by atoms with van der Waals surface area (Å²) in [5.74, 6) is 1.62. The van der Waals surface area contributed by atoms with Gasteiger partial charge in [-0.2, -0.15) is 0 Å². The molecule has 0 saturated carbocycles. The Balaban J connectivity index is 2.06. The van der Waals surface area contributed by atoms with Gasteiger partial charge in [0.2, 0.25) is 0 Å². The molecule has 1 N–H and O–H groups in total. The fourth-order valence-electron chi connectivity index (χ4n) is 1.73. The van der Waals surface area contributed by atoms with Crippen molar-refractivity contribution in [1.29, 1.82) is 0 Å². The van der Waals surface area contributed by atoms with Gasteiger partial charge in [0, 0.05) is 26.6 Å². The van der Waals surface area contributed by atoms with E-state index in [2.05, 4.69) is 67.9 Å². The van der Waals surface area contributed by atoms with E-state index < -0.39 is 0 Å². The Kier molecular flexibility index (Phi) is 5.84. The van der Waals surface area contributed by atoms with Crippen LogP contribution in [-0.4, -0.2) is 18.1 Å². The van der Waals surface area contributed by atoms with E-state index in [1.54, 1.807) is 6.20 Å². The molecule has 0 spiro atoms. The lowest BCUT2D eigenvalue weighted by atomic mass is 10.2. The summed E-state index contributed by atoms with van der Waals surface area (Å²) in [5, 5.41) is 3.34. The second-order valence-electron chi connectivity index (χ2n) is 4.24. The van der Waals surface area contributed by atoms with Crippen LogP contribution in [0.2, 0.25) is 0 Å². The van der Waals surface area contributed by atoms with Gasteiger partial charge in [0.15, 0.2) is 11.7 Å². The number of nitrogens with zero attached hydrogens (tertiary/aromatic N) is 1. The van der Waals surface area contributed by atoms with E-state index in [9.17, 15) is 0 Å². The average Bonchev–Trinajstić information content (AvgIpc) is 2.86. The maximum Gasteiger partial charge on any atom is 0.196 e. The molecule has 1 aromatic carbocycles. The van der Waals surface area contributed by atoms with Gasteiger partial charge in [-0.25, -0.2) is 4.98 Å². The zero-order valence-corrected chi connectivity index (χ0v) is 14.5. The molecule has 0 aliphatic carbocycles. The highest BCUT2D eigenvalue weighted by Gasteiger charge is 2.10. The number of oxazole rings is 1. The first-order valence-corrected chi connectivity index (χ1v) is 8.18. The Bertz CT molecular complexity index is 542. The van der Waals surface area contributed by atoms with Crippen molar-refractivity contribution in [3.8, 4) is 11.3 Å². The monoisotopic (exact) mass is 434 g/mol. The van der Waals surface area contributed by atoms with Crippen LogP contribution in [-0.2, 0) is 6.42 Å². The lowest BCUT2D eigenvalue weighted by molar-refractivity contribution is 0.494. The third-order valence-corrected chi connectivity index (χ3v) is 4.12. The average molecular weight is 435 g/mol. The lowest BCUT2D eigenvalue weighted by Gasteiger charge is -2.02. The molecule has 0 amide bonds. The summed E-state index contributed by atoms with van der Waals surface area (Å²) in [6.07, 6.45) is 3.77. The highest BCUT2D eigenvalue weighted by Crippen LogP contribution is 2.28. The second kappa shape index (κ2) is 7.40. The quantitative estimate of drug-likeness (QED) is 0.545. The summed E-state index contributed by atoms with van der Waals surface area (Å²) in [4.78, 5) is 4.34. The largest absolute Gasteiger partial charge is 0.441 e. The second-order valence-corrected chi connectivity index (χ2v) is 6.32. The molecule has 5 heteroatoms. The van der Waals surface area contributed by atoms with Crippen LogP contribution in [0.1, 0.15) is 19.2 Å². The van der Waals surface area contributed by atoms with Crippen LogP contribution in [0.15, 0.2) is 33.3 Å². The van der Waals surface area contributed by atoms with E-state index in [4.69, 9.17) is 4.42 Å². The van der Waals surface area contributed by atoms with Crippen LogP contribution in [0.5, 0.6) is 0 Å². The van der Waals surface area contributed by atoms with Gasteiger partial charge in [0.1, 0.15) is 0 Å². The molecule has 0 radical (unpaired) electrons. The van der Waals surface area contributed by atoms with Crippen LogP contribution >= 0.6 is 38.5 Å². The maximum atomic E-state index is 5.81. The van der Waals surface area contributed by atoms with Crippen LogP contribution in [0.3, 0.4) is 0 Å². The number of halogens is 2. The molecular formula is C14H16BrIN2O. The van der Waals surface area contributed by atoms with Gasteiger partial charge in [-0.1, -0.05) is 22.9 Å². The molecule has 3 nitrogen and oxygen atoms in total. The fourth-order valence-corrected chi connectivity index (χ4v) is 2.70. The minimum absolute atomic E-state index is 0.786. The number of hydrogen-bond donors (Lipinski definition) is 1. The molecule has 1 heterocycles. The van der Waals surface area contributed by atoms with Gasteiger partial charge in [0.05, 0.1) is 6.20 Å². The predicted octanol–water partition coefficient (Wildman–Crippen LogP) is 4.25. The first-order chi connectivity index (χ1) is 9.20. The van der Waals surface area contributed by atoms with Crippen molar-refractivity contribution in [1.82, 2.24) is 10.3 Å². The van der Waals surface area contributed by atoms with Crippen molar-refractivity contribution in [3.63, 3.8) is 0 Å². The van der Waals surface area contributed by atoms with Crippen molar-refractivity contribution in [3.05, 3.63) is 38.3 Å². The Morgan fingerprint density at radius 3 is 3.00 bits per heavy atom. The SMILES string of the molecule is CCCNCCc1ncc(-c2cc(Br)ccc2I)o1. The Hall–Kier alpha value is -0.400. The molecule has 0 bridgehead atoms. The number of benzene rings is 1. The standard InChI is InChI=1S/C14H16BrIN2O/c1-2-6-17-7-5-14-18-9-13(19-14)11-8-10(15)3-4-12(11)16/h3-4,8-9,17H,2,5-7H2,1H3. The van der Waals surface area contributed by atoms with Crippen LogP contribution in [0.25, 0.3) is 11.3 Å². The van der Waals surface area contributed by atoms with E-state index in [0.29, 0.717) is 0 Å². The summed E-state index contributed by atoms with van der Waals surface area (Å²) in [7, 11) is 0. The van der Waals surface area contributed by atoms with E-state index in [-0.39, 0.29) is 0 Å². The summed E-state index contributed by atoms with van der Waals surface area (Å²) < 4.78 is 8.02. The highest BCUT2D eigenvalue weighted by molar-refractivity contribution is 14.1. The number of hydrogen-bond acceptors (Lipinski definition) is 3. The molecule has 0 atom stereocenters. The molecule has 0 aliphatic heterocycles. The summed E-state index contributed by atoms with van der Waals surface area (Å²) in [5.41, 5.74) is 1.08. The van der Waals surface area contributed by atoms with Gasteiger partial charge in [0.25, 0.3) is 0 Å². The Morgan fingerprint density at radius 1 is 1.37 bits per heavy atom. The van der Waals surface area contributed by atoms with Crippen molar-refractivity contribution >= 4 is 38.5 Å². The number of rotatable bonds is 6. The molecular weight excluding hydrogens is 419 g/mol. The third-order valence-electron chi connectivity index (χ3n) is 2.69. The Morgan fingerprint density at radius 2 is 2.21 bits per heavy atom. The topological polar surface area (TPSA) is 38.1 Å². The van der Waals surface area contributed by atoms with Crippen molar-refractivity contribution < 1.29 is 4.42 Å². The van der Waals surface area contributed by atoms with Crippen LogP contribution < -0.4 is 5.32 Å². The third kappa shape index (κ3) is 4.29. The summed E-state index contributed by atoms with van der Waals surface area (Å²) in [6, 6.07) is 6.14. The minimum Gasteiger partial charge on any atom is -0.441 e. The van der Waals surface area contributed by atoms with Crippen molar-refractivity contribution in [2.75, 3.05) is 13.1 Å². The highest BCUT2D eigenvalue weighted by atomic mass is 127. The molecule has 0 aliphatic rings. The smallest absolute Gasteiger partial charge is 0.196 e. The van der Waals surface area contributed by atoms with Gasteiger partial charge in [-0.05, 0) is 53.8 Å². The number of aromatic nitrogens is 1. The molecule has 2 rings (SSSR count). The first-order valence-electron chi connectivity index (χ1n) is 6.31. The molecule has 102 valence electrons. The molecule has 0 unspecified atom stereocenters. The van der Waals surface area contributed by atoms with E-state index >= 15 is 0 Å². The minimum atomic E-state index is 0.786. The summed E-state index contributed by atoms with van der Waals surface area (Å²) in [6.45, 7) is 4.10. The Labute approximate surface area is 135 Å². The van der Waals surface area contributed by atoms with Gasteiger partial charge in [-0.3, -0.25) is 0 Å². The van der Waals surface area contributed by atoms with Gasteiger partial charge >= 0.3 is 0 Å². The molecule has 0 saturated heterocycles. The van der Waals surface area contributed by atoms with Gasteiger partial charge < -0.3 is 9.73 Å². The van der Waals surface area contributed by atoms with E-state index in [1.165, 1.54) is 0 Å². The van der Waals surface area contributed by atoms with E-state index in [0.717, 1.165) is 51.2 Å². The first kappa shape index (κ1) is 15.0. The maximum absolute atomic E-state index is 5.81.